The van der Waals surface area contributed by atoms with Crippen molar-refractivity contribution in [1.29, 1.82) is 0 Å². The number of hydrogen-bond acceptors (Lipinski definition) is 2. The molecule has 0 bridgehead atoms. The van der Waals surface area contributed by atoms with Gasteiger partial charge in [0.1, 0.15) is 11.6 Å². The Morgan fingerprint density at radius 3 is 2.95 bits per heavy atom. The van der Waals surface area contributed by atoms with E-state index in [-0.39, 0.29) is 17.5 Å². The number of benzene rings is 2. The Morgan fingerprint density at radius 2 is 2.10 bits per heavy atom. The molecule has 0 fully saturated rings. The summed E-state index contributed by atoms with van der Waals surface area (Å²) < 4.78 is 13.3. The number of anilines is 1. The molecule has 0 amide bonds. The number of carbonyl (C=O) groups is 1. The number of nitrogens with one attached hydrogen (secondary N) is 1. The SMILES string of the molecule is Cc1ccc(F)cc1CC(=O)CC1CNc2ccccc21. The Morgan fingerprint density at radius 1 is 1.29 bits per heavy atom. The molecule has 1 atom stereocenters. The lowest BCUT2D eigenvalue weighted by atomic mass is 9.92. The van der Waals surface area contributed by atoms with Crippen molar-refractivity contribution in [3.05, 3.63) is 65.0 Å². The van der Waals surface area contributed by atoms with Crippen LogP contribution in [0.3, 0.4) is 0 Å². The quantitative estimate of drug-likeness (QED) is 0.923. The van der Waals surface area contributed by atoms with Crippen molar-refractivity contribution in [1.82, 2.24) is 0 Å². The fourth-order valence-electron chi connectivity index (χ4n) is 2.93. The van der Waals surface area contributed by atoms with Gasteiger partial charge in [0.2, 0.25) is 0 Å². The van der Waals surface area contributed by atoms with Gasteiger partial charge in [0.25, 0.3) is 0 Å². The molecule has 21 heavy (non-hydrogen) atoms. The number of Topliss-reactive ketones (excluding diaryl/α,β-unsaturated/α-hetero) is 1. The maximum Gasteiger partial charge on any atom is 0.137 e. The molecule has 0 radical (unpaired) electrons. The van der Waals surface area contributed by atoms with Crippen LogP contribution in [0.15, 0.2) is 42.5 Å². The highest BCUT2D eigenvalue weighted by atomic mass is 19.1. The Bertz CT molecular complexity index is 681. The van der Waals surface area contributed by atoms with Crippen LogP contribution in [0.1, 0.15) is 29.0 Å². The highest BCUT2D eigenvalue weighted by Crippen LogP contribution is 2.33. The van der Waals surface area contributed by atoms with E-state index < -0.39 is 0 Å². The molecule has 0 aliphatic carbocycles. The van der Waals surface area contributed by atoms with Gasteiger partial charge in [-0.3, -0.25) is 4.79 Å². The van der Waals surface area contributed by atoms with Gasteiger partial charge in [0.15, 0.2) is 0 Å². The average molecular weight is 283 g/mol. The van der Waals surface area contributed by atoms with E-state index in [9.17, 15) is 9.18 Å². The Kier molecular flexibility index (Phi) is 3.74. The normalized spacial score (nSPS) is 16.4. The maximum absolute atomic E-state index is 13.3. The minimum atomic E-state index is -0.281. The molecule has 2 nitrogen and oxygen atoms in total. The first-order chi connectivity index (χ1) is 10.1. The van der Waals surface area contributed by atoms with Crippen molar-refractivity contribution < 1.29 is 9.18 Å². The molecule has 2 aromatic carbocycles. The molecule has 1 aliphatic heterocycles. The van der Waals surface area contributed by atoms with E-state index in [2.05, 4.69) is 11.4 Å². The van der Waals surface area contributed by atoms with E-state index in [0.717, 1.165) is 23.4 Å². The van der Waals surface area contributed by atoms with Crippen molar-refractivity contribution in [2.45, 2.75) is 25.7 Å². The zero-order chi connectivity index (χ0) is 14.8. The highest BCUT2D eigenvalue weighted by molar-refractivity contribution is 5.82. The number of hydrogen-bond donors (Lipinski definition) is 1. The molecule has 108 valence electrons. The van der Waals surface area contributed by atoms with Gasteiger partial charge in [0.05, 0.1) is 0 Å². The van der Waals surface area contributed by atoms with Crippen LogP contribution in [-0.2, 0) is 11.2 Å². The van der Waals surface area contributed by atoms with Gasteiger partial charge in [-0.25, -0.2) is 4.39 Å². The predicted molar refractivity (Wildman–Crippen MR) is 82.1 cm³/mol. The van der Waals surface area contributed by atoms with E-state index in [4.69, 9.17) is 0 Å². The second-order valence-electron chi connectivity index (χ2n) is 5.66. The van der Waals surface area contributed by atoms with Crippen LogP contribution in [0, 0.1) is 12.7 Å². The smallest absolute Gasteiger partial charge is 0.137 e. The van der Waals surface area contributed by atoms with Crippen LogP contribution >= 0.6 is 0 Å². The summed E-state index contributed by atoms with van der Waals surface area (Å²) in [7, 11) is 0. The highest BCUT2D eigenvalue weighted by Gasteiger charge is 2.24. The standard InChI is InChI=1S/C18H18FNO/c1-12-6-7-15(19)8-13(12)9-16(21)10-14-11-20-18-5-3-2-4-17(14)18/h2-8,14,20H,9-11H2,1H3. The molecule has 3 heteroatoms. The van der Waals surface area contributed by atoms with Gasteiger partial charge in [-0.1, -0.05) is 24.3 Å². The summed E-state index contributed by atoms with van der Waals surface area (Å²) in [5.41, 5.74) is 4.09. The number of carbonyl (C=O) groups excluding carboxylic acids is 1. The maximum atomic E-state index is 13.3. The number of rotatable bonds is 4. The summed E-state index contributed by atoms with van der Waals surface area (Å²) in [4.78, 5) is 12.3. The predicted octanol–water partition coefficient (Wildman–Crippen LogP) is 3.85. The number of halogens is 1. The molecular formula is C18H18FNO. The van der Waals surface area contributed by atoms with Gasteiger partial charge in [-0.2, -0.15) is 0 Å². The van der Waals surface area contributed by atoms with Gasteiger partial charge >= 0.3 is 0 Å². The summed E-state index contributed by atoms with van der Waals surface area (Å²) in [6.07, 6.45) is 0.808. The summed E-state index contributed by atoms with van der Waals surface area (Å²) in [5, 5.41) is 3.33. The third-order valence-electron chi connectivity index (χ3n) is 4.11. The zero-order valence-electron chi connectivity index (χ0n) is 12.0. The monoisotopic (exact) mass is 283 g/mol. The van der Waals surface area contributed by atoms with Crippen molar-refractivity contribution in [3.63, 3.8) is 0 Å². The van der Waals surface area contributed by atoms with E-state index in [1.165, 1.54) is 17.7 Å². The molecule has 0 spiro atoms. The molecule has 0 saturated heterocycles. The fraction of sp³-hybridized carbons (Fsp3) is 0.278. The Labute approximate surface area is 124 Å². The summed E-state index contributed by atoms with van der Waals surface area (Å²) >= 11 is 0. The summed E-state index contributed by atoms with van der Waals surface area (Å²) in [6.45, 7) is 2.71. The lowest BCUT2D eigenvalue weighted by Crippen LogP contribution is -2.12. The third kappa shape index (κ3) is 2.97. The molecule has 1 unspecified atom stereocenters. The van der Waals surface area contributed by atoms with Gasteiger partial charge < -0.3 is 5.32 Å². The number of aryl methyl sites for hydroxylation is 1. The van der Waals surface area contributed by atoms with Crippen LogP contribution in [0.2, 0.25) is 0 Å². The third-order valence-corrected chi connectivity index (χ3v) is 4.11. The molecular weight excluding hydrogens is 265 g/mol. The van der Waals surface area contributed by atoms with Crippen LogP contribution in [-0.4, -0.2) is 12.3 Å². The second-order valence-corrected chi connectivity index (χ2v) is 5.66. The largest absolute Gasteiger partial charge is 0.384 e. The Hall–Kier alpha value is -2.16. The average Bonchev–Trinajstić information content (AvgIpc) is 2.86. The topological polar surface area (TPSA) is 29.1 Å². The lowest BCUT2D eigenvalue weighted by molar-refractivity contribution is -0.118. The van der Waals surface area contributed by atoms with Gasteiger partial charge in [0, 0.05) is 31.0 Å². The zero-order valence-corrected chi connectivity index (χ0v) is 12.0. The number of ketones is 1. The second kappa shape index (κ2) is 5.68. The van der Waals surface area contributed by atoms with Crippen molar-refractivity contribution in [2.75, 3.05) is 11.9 Å². The first-order valence-corrected chi connectivity index (χ1v) is 7.23. The van der Waals surface area contributed by atoms with Crippen LogP contribution in [0.5, 0.6) is 0 Å². The van der Waals surface area contributed by atoms with Crippen LogP contribution < -0.4 is 5.32 Å². The molecule has 1 N–H and O–H groups in total. The number of para-hydroxylation sites is 1. The van der Waals surface area contributed by atoms with E-state index in [0.29, 0.717) is 12.8 Å². The van der Waals surface area contributed by atoms with Crippen molar-refractivity contribution >= 4 is 11.5 Å². The first-order valence-electron chi connectivity index (χ1n) is 7.23. The van der Waals surface area contributed by atoms with Crippen LogP contribution in [0.25, 0.3) is 0 Å². The van der Waals surface area contributed by atoms with Crippen molar-refractivity contribution in [2.24, 2.45) is 0 Å². The molecule has 1 heterocycles. The van der Waals surface area contributed by atoms with Gasteiger partial charge in [-0.05, 0) is 41.8 Å². The van der Waals surface area contributed by atoms with Gasteiger partial charge in [-0.15, -0.1) is 0 Å². The van der Waals surface area contributed by atoms with E-state index >= 15 is 0 Å². The Balaban J connectivity index is 1.69. The fourth-order valence-corrected chi connectivity index (χ4v) is 2.93. The molecule has 1 aliphatic rings. The first kappa shape index (κ1) is 13.8. The van der Waals surface area contributed by atoms with E-state index in [1.807, 2.05) is 25.1 Å². The molecule has 2 aromatic rings. The minimum absolute atomic E-state index is 0.159. The van der Waals surface area contributed by atoms with E-state index in [1.54, 1.807) is 6.07 Å². The molecule has 0 saturated carbocycles. The minimum Gasteiger partial charge on any atom is -0.384 e. The summed E-state index contributed by atoms with van der Waals surface area (Å²) in [6, 6.07) is 12.7. The lowest BCUT2D eigenvalue weighted by Gasteiger charge is -2.10. The van der Waals surface area contributed by atoms with Crippen LogP contribution in [0.4, 0.5) is 10.1 Å². The summed E-state index contributed by atoms with van der Waals surface area (Å²) in [5.74, 6) is 0.103. The van der Waals surface area contributed by atoms with Crippen molar-refractivity contribution in [3.8, 4) is 0 Å². The molecule has 0 aromatic heterocycles. The number of fused-ring (bicyclic) bond motifs is 1. The molecule has 3 rings (SSSR count).